The third kappa shape index (κ3) is 4.92. The van der Waals surface area contributed by atoms with Crippen LogP contribution in [0.25, 0.3) is 0 Å². The summed E-state index contributed by atoms with van der Waals surface area (Å²) in [6.45, 7) is 3.47. The van der Waals surface area contributed by atoms with Crippen LogP contribution in [-0.2, 0) is 14.4 Å². The topological polar surface area (TPSA) is 100 Å². The summed E-state index contributed by atoms with van der Waals surface area (Å²) in [5, 5.41) is 8.76. The number of benzene rings is 1. The van der Waals surface area contributed by atoms with Crippen molar-refractivity contribution >= 4 is 58.0 Å². The van der Waals surface area contributed by atoms with Gasteiger partial charge in [-0.25, -0.2) is 4.99 Å². The van der Waals surface area contributed by atoms with Crippen LogP contribution in [0, 0.1) is 5.92 Å². The van der Waals surface area contributed by atoms with Crippen molar-refractivity contribution < 1.29 is 19.1 Å². The smallest absolute Gasteiger partial charge is 0.255 e. The molecule has 3 aliphatic heterocycles. The number of ketones is 2. The summed E-state index contributed by atoms with van der Waals surface area (Å²) in [5.74, 6) is 0.0925. The fourth-order valence-corrected chi connectivity index (χ4v) is 4.38. The maximum absolute atomic E-state index is 12.3. The van der Waals surface area contributed by atoms with Gasteiger partial charge < -0.3 is 10.1 Å². The predicted octanol–water partition coefficient (Wildman–Crippen LogP) is 3.35. The van der Waals surface area contributed by atoms with Gasteiger partial charge in [-0.05, 0) is 57.3 Å². The van der Waals surface area contributed by atoms with Crippen molar-refractivity contribution in [3.8, 4) is 5.75 Å². The maximum atomic E-state index is 12.3. The average Bonchev–Trinajstić information content (AvgIpc) is 2.76. The number of hydrogen-bond acceptors (Lipinski definition) is 7. The van der Waals surface area contributed by atoms with Gasteiger partial charge in [-0.3, -0.25) is 14.4 Å². The van der Waals surface area contributed by atoms with E-state index in [2.05, 4.69) is 15.4 Å². The Morgan fingerprint density at radius 3 is 2.50 bits per heavy atom. The zero-order valence-corrected chi connectivity index (χ0v) is 19.0. The molecule has 0 radical (unpaired) electrons. The van der Waals surface area contributed by atoms with E-state index < -0.39 is 5.91 Å². The number of hydrogen-bond donors (Lipinski definition) is 1. The number of ether oxygens (including phenoxy) is 1. The quantitative estimate of drug-likeness (QED) is 0.671. The molecule has 1 aromatic rings. The molecule has 0 unspecified atom stereocenters. The van der Waals surface area contributed by atoms with E-state index in [9.17, 15) is 14.4 Å². The number of amides is 1. The van der Waals surface area contributed by atoms with Crippen molar-refractivity contribution in [2.75, 3.05) is 24.6 Å². The van der Waals surface area contributed by atoms with E-state index in [0.717, 1.165) is 30.9 Å². The second-order valence-corrected chi connectivity index (χ2v) is 8.79. The summed E-state index contributed by atoms with van der Waals surface area (Å²) in [5.41, 5.74) is 1.25. The first kappa shape index (κ1) is 22.6. The molecule has 0 spiro atoms. The second-order valence-electron chi connectivity index (χ2n) is 7.98. The highest BCUT2D eigenvalue weighted by Crippen LogP contribution is 2.38. The molecule has 3 aliphatic rings. The van der Waals surface area contributed by atoms with Gasteiger partial charge in [0.25, 0.3) is 5.91 Å². The monoisotopic (exact) mass is 476 g/mol. The van der Waals surface area contributed by atoms with Crippen LogP contribution in [0.15, 0.2) is 33.9 Å². The third-order valence-electron chi connectivity index (χ3n) is 5.64. The van der Waals surface area contributed by atoms with Crippen LogP contribution >= 0.6 is 23.2 Å². The Morgan fingerprint density at radius 2 is 1.81 bits per heavy atom. The van der Waals surface area contributed by atoms with Crippen LogP contribution in [0.4, 0.5) is 5.69 Å². The summed E-state index contributed by atoms with van der Waals surface area (Å²) < 4.78 is 5.84. The molecule has 3 heterocycles. The second kappa shape index (κ2) is 9.52. The van der Waals surface area contributed by atoms with Crippen LogP contribution in [0.3, 0.4) is 0 Å². The Hall–Kier alpha value is -2.55. The van der Waals surface area contributed by atoms with Crippen molar-refractivity contribution in [1.29, 1.82) is 0 Å². The zero-order valence-electron chi connectivity index (χ0n) is 17.5. The Bertz CT molecular complexity index is 1050. The standard InChI is InChI=1S/C22H22Cl2N4O4/c1-12-18(29)10-21(31)28(27-12)15-8-16(23)22(17(24)9-15)32-20-7-14(19(30)11-26-20)6-13-2-4-25-5-3-13/h7-9,13,25H,2-6,10-11H2,1H3. The molecule has 10 heteroatoms. The minimum Gasteiger partial charge on any atom is -0.436 e. The molecule has 1 aromatic carbocycles. The molecule has 0 saturated carbocycles. The van der Waals surface area contributed by atoms with Gasteiger partial charge in [0.15, 0.2) is 17.3 Å². The van der Waals surface area contributed by atoms with E-state index in [-0.39, 0.29) is 51.9 Å². The first-order chi connectivity index (χ1) is 15.3. The molecular weight excluding hydrogens is 455 g/mol. The highest BCUT2D eigenvalue weighted by atomic mass is 35.5. The van der Waals surface area contributed by atoms with Gasteiger partial charge in [-0.2, -0.15) is 10.1 Å². The van der Waals surface area contributed by atoms with Gasteiger partial charge in [0.1, 0.15) is 12.3 Å². The molecule has 1 amide bonds. The van der Waals surface area contributed by atoms with Crippen LogP contribution in [0.2, 0.25) is 10.0 Å². The number of rotatable bonds is 4. The van der Waals surface area contributed by atoms with Gasteiger partial charge in [0.05, 0.1) is 22.2 Å². The van der Waals surface area contributed by atoms with E-state index in [0.29, 0.717) is 23.6 Å². The van der Waals surface area contributed by atoms with Gasteiger partial charge in [-0.15, -0.1) is 0 Å². The Morgan fingerprint density at radius 1 is 1.12 bits per heavy atom. The number of nitrogens with zero attached hydrogens (tertiary/aromatic N) is 3. The lowest BCUT2D eigenvalue weighted by Crippen LogP contribution is -2.36. The van der Waals surface area contributed by atoms with Crippen molar-refractivity contribution in [3.05, 3.63) is 33.8 Å². The van der Waals surface area contributed by atoms with Crippen LogP contribution < -0.4 is 15.1 Å². The van der Waals surface area contributed by atoms with E-state index in [4.69, 9.17) is 27.9 Å². The summed E-state index contributed by atoms with van der Waals surface area (Å²) >= 11 is 12.8. The van der Waals surface area contributed by atoms with Crippen molar-refractivity contribution in [3.63, 3.8) is 0 Å². The fraction of sp³-hybridized carbons (Fsp3) is 0.409. The van der Waals surface area contributed by atoms with E-state index in [1.807, 2.05) is 0 Å². The van der Waals surface area contributed by atoms with Gasteiger partial charge in [0, 0.05) is 11.6 Å². The highest BCUT2D eigenvalue weighted by molar-refractivity contribution is 6.44. The van der Waals surface area contributed by atoms with Crippen molar-refractivity contribution in [1.82, 2.24) is 5.32 Å². The lowest BCUT2D eigenvalue weighted by molar-refractivity contribution is -0.124. The van der Waals surface area contributed by atoms with Gasteiger partial charge >= 0.3 is 0 Å². The lowest BCUT2D eigenvalue weighted by atomic mass is 9.88. The SMILES string of the molecule is CC1=NN(c2cc(Cl)c(OC3=NCC(=O)C(CC4CCNCC4)=C3)c(Cl)c2)C(=O)CC1=O. The average molecular weight is 477 g/mol. The molecule has 0 aliphatic carbocycles. The first-order valence-corrected chi connectivity index (χ1v) is 11.1. The molecule has 32 heavy (non-hydrogen) atoms. The number of halogens is 2. The fourth-order valence-electron chi connectivity index (χ4n) is 3.83. The number of piperidine rings is 1. The van der Waals surface area contributed by atoms with Crippen LogP contribution in [0.5, 0.6) is 5.75 Å². The van der Waals surface area contributed by atoms with E-state index >= 15 is 0 Å². The summed E-state index contributed by atoms with van der Waals surface area (Å²) in [6, 6.07) is 2.98. The Kier molecular flexibility index (Phi) is 6.74. The summed E-state index contributed by atoms with van der Waals surface area (Å²) in [4.78, 5) is 40.4. The Labute approximate surface area is 195 Å². The number of carbonyl (C=O) groups excluding carboxylic acids is 3. The van der Waals surface area contributed by atoms with Crippen molar-refractivity contribution in [2.24, 2.45) is 16.0 Å². The number of nitrogens with one attached hydrogen (secondary N) is 1. The molecule has 0 atom stereocenters. The number of carbonyl (C=O) groups is 3. The zero-order chi connectivity index (χ0) is 22.8. The Balaban J connectivity index is 1.53. The normalized spacial score (nSPS) is 20.2. The van der Waals surface area contributed by atoms with Gasteiger partial charge in [0.2, 0.25) is 5.90 Å². The molecule has 1 fully saturated rings. The largest absolute Gasteiger partial charge is 0.436 e. The van der Waals surface area contributed by atoms with Crippen LogP contribution in [0.1, 0.15) is 32.6 Å². The van der Waals surface area contributed by atoms with E-state index in [1.54, 1.807) is 13.0 Å². The highest BCUT2D eigenvalue weighted by Gasteiger charge is 2.28. The lowest BCUT2D eigenvalue weighted by Gasteiger charge is -2.24. The molecule has 0 aromatic heterocycles. The number of anilines is 1. The molecule has 0 bridgehead atoms. The van der Waals surface area contributed by atoms with Crippen LogP contribution in [-0.4, -0.2) is 48.7 Å². The third-order valence-corrected chi connectivity index (χ3v) is 6.20. The molecule has 8 nitrogen and oxygen atoms in total. The molecular formula is C22H22Cl2N4O4. The van der Waals surface area contributed by atoms with Gasteiger partial charge in [-0.1, -0.05) is 23.2 Å². The minimum absolute atomic E-state index is 0.00480. The van der Waals surface area contributed by atoms with Crippen molar-refractivity contribution in [2.45, 2.75) is 32.6 Å². The predicted molar refractivity (Wildman–Crippen MR) is 123 cm³/mol. The number of dihydropyridines is 1. The summed E-state index contributed by atoms with van der Waals surface area (Å²) in [7, 11) is 0. The number of hydrazone groups is 1. The minimum atomic E-state index is -0.470. The first-order valence-electron chi connectivity index (χ1n) is 10.4. The summed E-state index contributed by atoms with van der Waals surface area (Å²) in [6.07, 6.45) is 4.14. The molecule has 1 saturated heterocycles. The molecule has 168 valence electrons. The molecule has 4 rings (SSSR count). The number of Topliss-reactive ketones (excluding diaryl/α,β-unsaturated/α-hetero) is 2. The maximum Gasteiger partial charge on any atom is 0.255 e. The van der Waals surface area contributed by atoms with E-state index in [1.165, 1.54) is 12.1 Å². The number of aliphatic imine (C=N–C) groups is 1. The molecule has 1 N–H and O–H groups in total.